The number of aromatic nitrogens is 1. The molecule has 0 saturated heterocycles. The summed E-state index contributed by atoms with van der Waals surface area (Å²) in [5.74, 6) is 0.640. The highest BCUT2D eigenvalue weighted by molar-refractivity contribution is 9.10. The number of nitriles is 1. The first kappa shape index (κ1) is 20.5. The number of halogens is 3. The average Bonchev–Trinajstić information content (AvgIpc) is 3.16. The minimum atomic E-state index is 0.216. The number of nitrogens with zero attached hydrogens (tertiary/aromatic N) is 2. The third-order valence-corrected chi connectivity index (χ3v) is 5.31. The summed E-state index contributed by atoms with van der Waals surface area (Å²) < 4.78 is 12.7. The minimum Gasteiger partial charge on any atom is -0.487 e. The normalized spacial score (nSPS) is 11.5. The smallest absolute Gasteiger partial charge is 0.238 e. The number of hydrogen-bond acceptors (Lipinski definition) is 4. The van der Waals surface area contributed by atoms with E-state index in [1.165, 1.54) is 0 Å². The molecule has 3 aromatic carbocycles. The second-order valence-electron chi connectivity index (χ2n) is 6.38. The summed E-state index contributed by atoms with van der Waals surface area (Å²) in [6.07, 6.45) is 1.61. The number of rotatable bonds is 5. The quantitative estimate of drug-likeness (QED) is 0.266. The molecule has 0 spiro atoms. The molecule has 1 heterocycles. The highest BCUT2D eigenvalue weighted by Crippen LogP contribution is 2.35. The summed E-state index contributed by atoms with van der Waals surface area (Å²) >= 11 is 16.0. The Kier molecular flexibility index (Phi) is 6.10. The number of para-hydroxylation sites is 2. The number of oxazole rings is 1. The van der Waals surface area contributed by atoms with Crippen LogP contribution >= 0.6 is 39.1 Å². The molecule has 0 bridgehead atoms. The Morgan fingerprint density at radius 2 is 1.90 bits per heavy atom. The van der Waals surface area contributed by atoms with Crippen LogP contribution in [-0.4, -0.2) is 4.98 Å². The van der Waals surface area contributed by atoms with Crippen LogP contribution in [0.5, 0.6) is 5.75 Å². The molecular weight excluding hydrogens is 487 g/mol. The summed E-state index contributed by atoms with van der Waals surface area (Å²) in [5, 5.41) is 10.5. The van der Waals surface area contributed by atoms with Gasteiger partial charge < -0.3 is 9.15 Å². The fraction of sp³-hybridized carbons (Fsp3) is 0.0435. The van der Waals surface area contributed by atoms with Gasteiger partial charge in [0.25, 0.3) is 0 Å². The third kappa shape index (κ3) is 4.52. The zero-order chi connectivity index (χ0) is 21.1. The van der Waals surface area contributed by atoms with Gasteiger partial charge in [0.05, 0.1) is 5.02 Å². The zero-order valence-corrected chi connectivity index (χ0v) is 18.5. The van der Waals surface area contributed by atoms with Crippen LogP contribution in [0.3, 0.4) is 0 Å². The molecule has 30 heavy (non-hydrogen) atoms. The van der Waals surface area contributed by atoms with Gasteiger partial charge in [0, 0.05) is 15.1 Å². The second-order valence-corrected chi connectivity index (χ2v) is 8.14. The largest absolute Gasteiger partial charge is 0.487 e. The molecule has 0 aliphatic heterocycles. The van der Waals surface area contributed by atoms with Gasteiger partial charge in [-0.2, -0.15) is 5.26 Å². The average molecular weight is 500 g/mol. The van der Waals surface area contributed by atoms with Gasteiger partial charge in [0.15, 0.2) is 5.58 Å². The third-order valence-electron chi connectivity index (χ3n) is 4.28. The van der Waals surface area contributed by atoms with E-state index >= 15 is 0 Å². The molecule has 0 N–H and O–H groups in total. The van der Waals surface area contributed by atoms with E-state index < -0.39 is 0 Å². The van der Waals surface area contributed by atoms with Gasteiger partial charge in [-0.05, 0) is 48.0 Å². The lowest BCUT2D eigenvalue weighted by molar-refractivity contribution is 0.306. The molecule has 1 aromatic heterocycles. The topological polar surface area (TPSA) is 59.0 Å². The van der Waals surface area contributed by atoms with Crippen molar-refractivity contribution in [2.24, 2.45) is 0 Å². The van der Waals surface area contributed by atoms with Crippen LogP contribution < -0.4 is 4.74 Å². The van der Waals surface area contributed by atoms with Crippen LogP contribution in [-0.2, 0) is 6.61 Å². The number of hydrogen-bond donors (Lipinski definition) is 0. The van der Waals surface area contributed by atoms with Crippen LogP contribution in [0.4, 0.5) is 0 Å². The lowest BCUT2D eigenvalue weighted by Gasteiger charge is -2.12. The number of fused-ring (bicyclic) bond motifs is 1. The molecule has 7 heteroatoms. The van der Waals surface area contributed by atoms with Gasteiger partial charge in [-0.25, -0.2) is 4.98 Å². The van der Waals surface area contributed by atoms with Gasteiger partial charge in [0.1, 0.15) is 29.5 Å². The molecule has 4 nitrogen and oxygen atoms in total. The first-order valence-electron chi connectivity index (χ1n) is 8.87. The van der Waals surface area contributed by atoms with Crippen molar-refractivity contribution < 1.29 is 9.15 Å². The van der Waals surface area contributed by atoms with Gasteiger partial charge >= 0.3 is 0 Å². The van der Waals surface area contributed by atoms with Crippen molar-refractivity contribution in [3.63, 3.8) is 0 Å². The van der Waals surface area contributed by atoms with E-state index in [1.54, 1.807) is 24.3 Å². The maximum Gasteiger partial charge on any atom is 0.238 e. The van der Waals surface area contributed by atoms with Crippen LogP contribution in [0.1, 0.15) is 17.0 Å². The van der Waals surface area contributed by atoms with Crippen molar-refractivity contribution >= 4 is 61.9 Å². The summed E-state index contributed by atoms with van der Waals surface area (Å²) in [6, 6.07) is 20.5. The standard InChI is InChI=1S/C23H13BrCl2N2O2/c24-17-7-5-14(6-8-17)13-29-22-15(10-18(25)11-19(22)26)9-16(12-27)23-28-20-3-1-2-4-21(20)30-23/h1-11H,13H2/b16-9+. The minimum absolute atomic E-state index is 0.216. The molecule has 0 fully saturated rings. The summed E-state index contributed by atoms with van der Waals surface area (Å²) in [4.78, 5) is 4.39. The van der Waals surface area contributed by atoms with E-state index in [0.29, 0.717) is 39.1 Å². The zero-order valence-electron chi connectivity index (χ0n) is 15.4. The first-order chi connectivity index (χ1) is 14.5. The van der Waals surface area contributed by atoms with Crippen molar-refractivity contribution in [2.75, 3.05) is 0 Å². The van der Waals surface area contributed by atoms with E-state index in [-0.39, 0.29) is 11.5 Å². The van der Waals surface area contributed by atoms with Crippen molar-refractivity contribution in [3.05, 3.63) is 92.2 Å². The Morgan fingerprint density at radius 3 is 2.63 bits per heavy atom. The molecule has 4 rings (SSSR count). The predicted octanol–water partition coefficient (Wildman–Crippen LogP) is 7.54. The van der Waals surface area contributed by atoms with Crippen LogP contribution in [0.25, 0.3) is 22.7 Å². The lowest BCUT2D eigenvalue weighted by atomic mass is 10.1. The molecule has 148 valence electrons. The Bertz CT molecular complexity index is 1260. The fourth-order valence-corrected chi connectivity index (χ4v) is 3.69. The van der Waals surface area contributed by atoms with E-state index in [0.717, 1.165) is 10.0 Å². The van der Waals surface area contributed by atoms with Gasteiger partial charge in [0.2, 0.25) is 5.89 Å². The monoisotopic (exact) mass is 498 g/mol. The molecular formula is C23H13BrCl2N2O2. The van der Waals surface area contributed by atoms with Crippen LogP contribution in [0, 0.1) is 11.3 Å². The van der Waals surface area contributed by atoms with Gasteiger partial charge in [-0.3, -0.25) is 0 Å². The first-order valence-corrected chi connectivity index (χ1v) is 10.4. The van der Waals surface area contributed by atoms with E-state index in [9.17, 15) is 5.26 Å². The Hall–Kier alpha value is -2.78. The SMILES string of the molecule is N#C/C(=C\c1cc(Cl)cc(Cl)c1OCc1ccc(Br)cc1)c1nc2ccccc2o1. The summed E-state index contributed by atoms with van der Waals surface area (Å²) in [6.45, 7) is 0.306. The van der Waals surface area contributed by atoms with Gasteiger partial charge in [-0.1, -0.05) is 63.4 Å². The second kappa shape index (κ2) is 8.93. The van der Waals surface area contributed by atoms with Gasteiger partial charge in [-0.15, -0.1) is 0 Å². The summed E-state index contributed by atoms with van der Waals surface area (Å²) in [7, 11) is 0. The molecule has 0 aliphatic rings. The van der Waals surface area contributed by atoms with Crippen molar-refractivity contribution in [3.8, 4) is 11.8 Å². The molecule has 4 aromatic rings. The van der Waals surface area contributed by atoms with E-state index in [1.807, 2.05) is 42.5 Å². The molecule has 0 atom stereocenters. The lowest BCUT2D eigenvalue weighted by Crippen LogP contribution is -1.98. The van der Waals surface area contributed by atoms with Crippen molar-refractivity contribution in [2.45, 2.75) is 6.61 Å². The van der Waals surface area contributed by atoms with Crippen LogP contribution in [0.2, 0.25) is 10.0 Å². The predicted molar refractivity (Wildman–Crippen MR) is 122 cm³/mol. The molecule has 0 saturated carbocycles. The van der Waals surface area contributed by atoms with Crippen molar-refractivity contribution in [1.29, 1.82) is 5.26 Å². The molecule has 0 unspecified atom stereocenters. The maximum absolute atomic E-state index is 9.70. The van der Waals surface area contributed by atoms with E-state index in [4.69, 9.17) is 32.4 Å². The number of allylic oxidation sites excluding steroid dienone is 1. The highest BCUT2D eigenvalue weighted by Gasteiger charge is 2.15. The molecule has 0 amide bonds. The fourth-order valence-electron chi connectivity index (χ4n) is 2.86. The Labute approximate surface area is 191 Å². The number of ether oxygens (including phenoxy) is 1. The van der Waals surface area contributed by atoms with E-state index in [2.05, 4.69) is 27.0 Å². The Morgan fingerprint density at radius 1 is 1.13 bits per heavy atom. The highest BCUT2D eigenvalue weighted by atomic mass is 79.9. The molecule has 0 radical (unpaired) electrons. The maximum atomic E-state index is 9.70. The van der Waals surface area contributed by atoms with Crippen molar-refractivity contribution in [1.82, 2.24) is 4.98 Å². The number of benzene rings is 3. The van der Waals surface area contributed by atoms with Crippen LogP contribution in [0.15, 0.2) is 69.6 Å². The Balaban J connectivity index is 1.71. The molecule has 0 aliphatic carbocycles. The summed E-state index contributed by atoms with van der Waals surface area (Å²) in [5.41, 5.74) is 3.04.